The molecule has 0 aliphatic carbocycles. The van der Waals surface area contributed by atoms with E-state index in [1.165, 1.54) is 16.9 Å². The summed E-state index contributed by atoms with van der Waals surface area (Å²) >= 11 is 1.53. The molecule has 0 saturated heterocycles. The second-order valence-electron chi connectivity index (χ2n) is 8.65. The van der Waals surface area contributed by atoms with Crippen molar-refractivity contribution in [3.05, 3.63) is 131 Å². The number of para-hydroxylation sites is 1. The number of aromatic nitrogens is 1. The zero-order chi connectivity index (χ0) is 26.2. The van der Waals surface area contributed by atoms with Crippen molar-refractivity contribution in [3.8, 4) is 17.0 Å². The molecule has 188 valence electrons. The highest BCUT2D eigenvalue weighted by Crippen LogP contribution is 2.27. The second-order valence-corrected chi connectivity index (χ2v) is 9.51. The number of amides is 1. The minimum Gasteiger partial charge on any atom is -0.489 e. The first-order chi connectivity index (χ1) is 18.6. The van der Waals surface area contributed by atoms with E-state index in [1.807, 2.05) is 72.1 Å². The molecule has 0 fully saturated rings. The Kier molecular flexibility index (Phi) is 7.86. The predicted molar refractivity (Wildman–Crippen MR) is 154 cm³/mol. The van der Waals surface area contributed by atoms with E-state index < -0.39 is 0 Å². The molecule has 6 nitrogen and oxygen atoms in total. The van der Waals surface area contributed by atoms with Gasteiger partial charge in [-0.05, 0) is 66.6 Å². The summed E-state index contributed by atoms with van der Waals surface area (Å²) in [7, 11) is 0. The number of rotatable bonds is 9. The highest BCUT2D eigenvalue weighted by molar-refractivity contribution is 7.14. The van der Waals surface area contributed by atoms with Crippen LogP contribution in [0, 0.1) is 6.92 Å². The molecule has 0 radical (unpaired) electrons. The van der Waals surface area contributed by atoms with Gasteiger partial charge in [-0.25, -0.2) is 10.4 Å². The third kappa shape index (κ3) is 6.72. The monoisotopic (exact) mass is 518 g/mol. The van der Waals surface area contributed by atoms with Gasteiger partial charge in [0, 0.05) is 22.2 Å². The Balaban J connectivity index is 1.11. The summed E-state index contributed by atoms with van der Waals surface area (Å²) in [5.41, 5.74) is 9.07. The third-order valence-corrected chi connectivity index (χ3v) is 6.52. The highest BCUT2D eigenvalue weighted by atomic mass is 32.1. The minimum atomic E-state index is -0.282. The number of nitrogens with one attached hydrogen (secondary N) is 2. The molecule has 1 aromatic heterocycles. The van der Waals surface area contributed by atoms with Crippen LogP contribution in [0.25, 0.3) is 11.3 Å². The maximum Gasteiger partial charge on any atom is 0.271 e. The molecule has 1 amide bonds. The molecular formula is C31H26N4O2S. The Bertz CT molecular complexity index is 1510. The molecular weight excluding hydrogens is 492 g/mol. The molecule has 0 aliphatic heterocycles. The number of carbonyl (C=O) groups is 1. The average Bonchev–Trinajstić information content (AvgIpc) is 3.42. The van der Waals surface area contributed by atoms with Gasteiger partial charge in [0.25, 0.3) is 5.91 Å². The third-order valence-electron chi connectivity index (χ3n) is 5.76. The van der Waals surface area contributed by atoms with Crippen molar-refractivity contribution < 1.29 is 9.53 Å². The van der Waals surface area contributed by atoms with Crippen LogP contribution < -0.4 is 15.5 Å². The SMILES string of the molecule is Cc1ccc(COc2ccc(/C=N\NC(=O)c3ccc(-c4csc(Nc5ccccc5)n4)cc3)cc2)cc1. The normalized spacial score (nSPS) is 10.9. The van der Waals surface area contributed by atoms with Gasteiger partial charge in [-0.1, -0.05) is 60.2 Å². The van der Waals surface area contributed by atoms with Crippen LogP contribution >= 0.6 is 11.3 Å². The van der Waals surface area contributed by atoms with Crippen molar-refractivity contribution in [1.82, 2.24) is 10.4 Å². The van der Waals surface area contributed by atoms with Crippen LogP contribution in [-0.2, 0) is 6.61 Å². The molecule has 0 atom stereocenters. The molecule has 38 heavy (non-hydrogen) atoms. The van der Waals surface area contributed by atoms with E-state index in [1.54, 1.807) is 18.3 Å². The van der Waals surface area contributed by atoms with Crippen LogP contribution in [0.4, 0.5) is 10.8 Å². The Morgan fingerprint density at radius 3 is 2.39 bits per heavy atom. The molecule has 0 saturated carbocycles. The number of carbonyl (C=O) groups excluding carboxylic acids is 1. The highest BCUT2D eigenvalue weighted by Gasteiger charge is 2.08. The fraction of sp³-hybridized carbons (Fsp3) is 0.0645. The van der Waals surface area contributed by atoms with Crippen molar-refractivity contribution in [3.63, 3.8) is 0 Å². The molecule has 1 heterocycles. The van der Waals surface area contributed by atoms with Gasteiger partial charge in [0.2, 0.25) is 0 Å². The Morgan fingerprint density at radius 2 is 1.66 bits per heavy atom. The lowest BCUT2D eigenvalue weighted by Gasteiger charge is -2.07. The summed E-state index contributed by atoms with van der Waals surface area (Å²) in [6, 6.07) is 33.0. The maximum absolute atomic E-state index is 12.5. The Labute approximate surface area is 225 Å². The molecule has 5 rings (SSSR count). The largest absolute Gasteiger partial charge is 0.489 e. The fourth-order valence-electron chi connectivity index (χ4n) is 3.63. The number of thiazole rings is 1. The first-order valence-corrected chi connectivity index (χ1v) is 13.0. The first-order valence-electron chi connectivity index (χ1n) is 12.1. The molecule has 0 spiro atoms. The van der Waals surface area contributed by atoms with Gasteiger partial charge in [0.15, 0.2) is 5.13 Å². The number of hydrazone groups is 1. The average molecular weight is 519 g/mol. The van der Waals surface area contributed by atoms with Gasteiger partial charge in [0.05, 0.1) is 11.9 Å². The van der Waals surface area contributed by atoms with Crippen LogP contribution in [0.1, 0.15) is 27.0 Å². The van der Waals surface area contributed by atoms with Crippen LogP contribution in [0.5, 0.6) is 5.75 Å². The van der Waals surface area contributed by atoms with Crippen LogP contribution in [0.3, 0.4) is 0 Å². The number of ether oxygens (including phenoxy) is 1. The molecule has 0 bridgehead atoms. The summed E-state index contributed by atoms with van der Waals surface area (Å²) in [5.74, 6) is 0.491. The van der Waals surface area contributed by atoms with Gasteiger partial charge in [0.1, 0.15) is 12.4 Å². The quantitative estimate of drug-likeness (QED) is 0.160. The standard InChI is InChI=1S/C31H26N4O2S/c1-22-7-9-24(10-8-22)20-37-28-17-11-23(12-18-28)19-32-35-30(36)26-15-13-25(14-16-26)29-21-38-31(34-29)33-27-5-3-2-4-6-27/h2-19,21H,20H2,1H3,(H,33,34)(H,35,36)/b32-19-. The van der Waals surface area contributed by atoms with E-state index >= 15 is 0 Å². The number of benzene rings is 4. The summed E-state index contributed by atoms with van der Waals surface area (Å²) in [6.07, 6.45) is 1.60. The van der Waals surface area contributed by atoms with Crippen LogP contribution in [0.2, 0.25) is 0 Å². The zero-order valence-electron chi connectivity index (χ0n) is 20.8. The summed E-state index contributed by atoms with van der Waals surface area (Å²) in [4.78, 5) is 17.2. The maximum atomic E-state index is 12.5. The molecule has 0 unspecified atom stereocenters. The fourth-order valence-corrected chi connectivity index (χ4v) is 4.37. The molecule has 4 aromatic carbocycles. The molecule has 7 heteroatoms. The van der Waals surface area contributed by atoms with Crippen molar-refractivity contribution in [2.45, 2.75) is 13.5 Å². The lowest BCUT2D eigenvalue weighted by Crippen LogP contribution is -2.17. The zero-order valence-corrected chi connectivity index (χ0v) is 21.6. The molecule has 0 aliphatic rings. The van der Waals surface area contributed by atoms with E-state index in [9.17, 15) is 4.79 Å². The van der Waals surface area contributed by atoms with Crippen molar-refractivity contribution >= 4 is 34.3 Å². The predicted octanol–water partition coefficient (Wildman–Crippen LogP) is 7.21. The number of hydrogen-bond acceptors (Lipinski definition) is 6. The van der Waals surface area contributed by atoms with E-state index in [0.29, 0.717) is 12.2 Å². The lowest BCUT2D eigenvalue weighted by molar-refractivity contribution is 0.0955. The minimum absolute atomic E-state index is 0.282. The molecule has 2 N–H and O–H groups in total. The van der Waals surface area contributed by atoms with Gasteiger partial charge in [-0.3, -0.25) is 4.79 Å². The Morgan fingerprint density at radius 1 is 0.921 bits per heavy atom. The van der Waals surface area contributed by atoms with E-state index in [-0.39, 0.29) is 5.91 Å². The number of aryl methyl sites for hydroxylation is 1. The van der Waals surface area contributed by atoms with Gasteiger partial charge in [-0.2, -0.15) is 5.10 Å². The first kappa shape index (κ1) is 24.9. The van der Waals surface area contributed by atoms with Crippen molar-refractivity contribution in [1.29, 1.82) is 0 Å². The summed E-state index contributed by atoms with van der Waals surface area (Å²) < 4.78 is 5.84. The van der Waals surface area contributed by atoms with Gasteiger partial charge < -0.3 is 10.1 Å². The number of nitrogens with zero attached hydrogens (tertiary/aromatic N) is 2. The number of hydrogen-bond donors (Lipinski definition) is 2. The van der Waals surface area contributed by atoms with Crippen LogP contribution in [-0.4, -0.2) is 17.1 Å². The topological polar surface area (TPSA) is 75.6 Å². The number of anilines is 2. The summed E-state index contributed by atoms with van der Waals surface area (Å²) in [5, 5.41) is 10.2. The van der Waals surface area contributed by atoms with Crippen molar-refractivity contribution in [2.75, 3.05) is 5.32 Å². The second kappa shape index (κ2) is 12.0. The lowest BCUT2D eigenvalue weighted by atomic mass is 10.1. The smallest absolute Gasteiger partial charge is 0.271 e. The van der Waals surface area contributed by atoms with E-state index in [0.717, 1.165) is 39.0 Å². The van der Waals surface area contributed by atoms with Gasteiger partial charge >= 0.3 is 0 Å². The van der Waals surface area contributed by atoms with E-state index in [2.05, 4.69) is 52.0 Å². The van der Waals surface area contributed by atoms with Gasteiger partial charge in [-0.15, -0.1) is 11.3 Å². The van der Waals surface area contributed by atoms with Crippen LogP contribution in [0.15, 0.2) is 114 Å². The molecule has 5 aromatic rings. The Hall–Kier alpha value is -4.75. The summed E-state index contributed by atoms with van der Waals surface area (Å²) in [6.45, 7) is 2.57. The van der Waals surface area contributed by atoms with E-state index in [4.69, 9.17) is 4.74 Å². The van der Waals surface area contributed by atoms with Crippen molar-refractivity contribution in [2.24, 2.45) is 5.10 Å².